The smallest absolute Gasteiger partial charge is 0.338 e. The van der Waals surface area contributed by atoms with Crippen molar-refractivity contribution in [2.24, 2.45) is 4.99 Å². The van der Waals surface area contributed by atoms with E-state index in [9.17, 15) is 19.7 Å². The molecule has 0 aliphatic carbocycles. The molecule has 11 heteroatoms. The Kier molecular flexibility index (Phi) is 7.46. The van der Waals surface area contributed by atoms with E-state index in [-0.39, 0.29) is 28.3 Å². The summed E-state index contributed by atoms with van der Waals surface area (Å²) in [6.07, 6.45) is 1.62. The summed E-state index contributed by atoms with van der Waals surface area (Å²) in [5.41, 5.74) is 3.33. The number of nitrogens with zero attached hydrogens (tertiary/aromatic N) is 3. The standard InChI is InChI=1S/C30H28N3O7S/c1-6-39-29(35)26-18(4)31-30-32(27(26)19-7-9-21(38-5)10-8-19)28(34)25(41-30)15-22-11-12-24(40-22)20-13-16(2)17(3)23(14-20)33(36)37/h7-15,27H,6H2,1-5H3,(H,36,37)/q+1/b25-15-. The second kappa shape index (κ2) is 11.0. The summed E-state index contributed by atoms with van der Waals surface area (Å²) in [5, 5.41) is 9.50. The topological polar surface area (TPSA) is 123 Å². The zero-order valence-electron chi connectivity index (χ0n) is 23.1. The molecular weight excluding hydrogens is 546 g/mol. The van der Waals surface area contributed by atoms with E-state index in [1.54, 1.807) is 64.3 Å². The van der Waals surface area contributed by atoms with Crippen molar-refractivity contribution in [3.8, 4) is 17.1 Å². The number of hydrogen-bond acceptors (Lipinski definition) is 8. The lowest BCUT2D eigenvalue weighted by Crippen LogP contribution is -2.39. The quantitative estimate of drug-likeness (QED) is 0.255. The van der Waals surface area contributed by atoms with Crippen LogP contribution in [-0.2, 0) is 9.53 Å². The number of aromatic nitrogens is 1. The van der Waals surface area contributed by atoms with Gasteiger partial charge in [0.25, 0.3) is 10.5 Å². The number of ether oxygens (including phenoxy) is 2. The minimum atomic E-state index is -0.743. The number of carbonyl (C=O) groups excluding carboxylic acids is 1. The van der Waals surface area contributed by atoms with Crippen molar-refractivity contribution >= 4 is 29.1 Å². The fourth-order valence-corrected chi connectivity index (χ4v) is 5.82. The molecule has 1 unspecified atom stereocenters. The normalized spacial score (nSPS) is 15.0. The van der Waals surface area contributed by atoms with Gasteiger partial charge >= 0.3 is 11.7 Å². The molecule has 0 bridgehead atoms. The molecule has 41 heavy (non-hydrogen) atoms. The van der Waals surface area contributed by atoms with Crippen molar-refractivity contribution in [1.82, 2.24) is 4.57 Å². The lowest BCUT2D eigenvalue weighted by Gasteiger charge is -2.24. The van der Waals surface area contributed by atoms with Crippen LogP contribution in [0.5, 0.6) is 5.75 Å². The Hall–Kier alpha value is -4.77. The first-order valence-electron chi connectivity index (χ1n) is 12.8. The highest BCUT2D eigenvalue weighted by Gasteiger charge is 2.33. The Bertz CT molecular complexity index is 1900. The van der Waals surface area contributed by atoms with Gasteiger partial charge in [-0.3, -0.25) is 9.36 Å². The van der Waals surface area contributed by atoms with E-state index in [0.29, 0.717) is 49.0 Å². The van der Waals surface area contributed by atoms with Crippen molar-refractivity contribution < 1.29 is 28.8 Å². The molecule has 210 valence electrons. The number of allylic oxidation sites excluding steroid dienone is 1. The molecule has 0 fully saturated rings. The zero-order chi connectivity index (χ0) is 29.4. The highest BCUT2D eigenvalue weighted by Crippen LogP contribution is 2.32. The van der Waals surface area contributed by atoms with E-state index in [1.807, 2.05) is 25.1 Å². The number of rotatable bonds is 7. The van der Waals surface area contributed by atoms with Crippen LogP contribution in [0.4, 0.5) is 5.69 Å². The second-order valence-electron chi connectivity index (χ2n) is 9.49. The molecule has 3 heterocycles. The summed E-state index contributed by atoms with van der Waals surface area (Å²) in [6.45, 7) is 7.22. The Balaban J connectivity index is 1.62. The Morgan fingerprint density at radius 3 is 2.56 bits per heavy atom. The SMILES string of the molecule is CCOC(=O)C1=C(C)N=c2s/c(=C\c3ccc(-c4cc(C)c(C)c([N+](=O)O)c4)o3)c(=O)n2C1c1ccc(OC)cc1. The minimum Gasteiger partial charge on any atom is -0.497 e. The lowest BCUT2D eigenvalue weighted by atomic mass is 9.96. The monoisotopic (exact) mass is 574 g/mol. The number of esters is 1. The van der Waals surface area contributed by atoms with Crippen LogP contribution < -0.4 is 19.6 Å². The average molecular weight is 575 g/mol. The predicted octanol–water partition coefficient (Wildman–Crippen LogP) is 4.48. The summed E-state index contributed by atoms with van der Waals surface area (Å²) in [7, 11) is 1.57. The molecule has 0 radical (unpaired) electrons. The van der Waals surface area contributed by atoms with Gasteiger partial charge < -0.3 is 13.9 Å². The molecular formula is C30H28N3O7S+. The number of aryl methyl sites for hydroxylation is 1. The first-order valence-corrected chi connectivity index (χ1v) is 13.7. The number of carbonyl (C=O) groups is 1. The maximum atomic E-state index is 13.8. The zero-order valence-corrected chi connectivity index (χ0v) is 23.9. The van der Waals surface area contributed by atoms with Gasteiger partial charge in [0.05, 0.1) is 40.5 Å². The van der Waals surface area contributed by atoms with Crippen LogP contribution in [0.15, 0.2) is 74.0 Å². The Labute approximate surface area is 238 Å². The van der Waals surface area contributed by atoms with Crippen LogP contribution >= 0.6 is 11.3 Å². The fourth-order valence-electron chi connectivity index (χ4n) is 4.79. The number of methoxy groups -OCH3 is 1. The third-order valence-electron chi connectivity index (χ3n) is 6.98. The van der Waals surface area contributed by atoms with Crippen LogP contribution in [0, 0.1) is 18.8 Å². The van der Waals surface area contributed by atoms with E-state index in [2.05, 4.69) is 4.99 Å². The van der Waals surface area contributed by atoms with Crippen LogP contribution in [-0.4, -0.2) is 34.4 Å². The highest BCUT2D eigenvalue weighted by molar-refractivity contribution is 7.07. The fraction of sp³-hybridized carbons (Fsp3) is 0.233. The molecule has 1 N–H and O–H groups in total. The van der Waals surface area contributed by atoms with Gasteiger partial charge in [-0.25, -0.2) is 15.0 Å². The van der Waals surface area contributed by atoms with E-state index in [1.165, 1.54) is 15.9 Å². The van der Waals surface area contributed by atoms with E-state index in [4.69, 9.17) is 13.9 Å². The average Bonchev–Trinajstić information content (AvgIpc) is 3.53. The lowest BCUT2D eigenvalue weighted by molar-refractivity contribution is -0.730. The molecule has 2 aromatic carbocycles. The predicted molar refractivity (Wildman–Crippen MR) is 152 cm³/mol. The van der Waals surface area contributed by atoms with Crippen molar-refractivity contribution in [2.75, 3.05) is 13.7 Å². The van der Waals surface area contributed by atoms with Crippen molar-refractivity contribution in [3.05, 3.63) is 107 Å². The molecule has 1 aliphatic heterocycles. The molecule has 0 saturated carbocycles. The summed E-state index contributed by atoms with van der Waals surface area (Å²) >= 11 is 1.19. The van der Waals surface area contributed by atoms with E-state index in [0.717, 1.165) is 5.56 Å². The van der Waals surface area contributed by atoms with Gasteiger partial charge in [-0.1, -0.05) is 23.5 Å². The molecule has 1 atom stereocenters. The molecule has 0 amide bonds. The van der Waals surface area contributed by atoms with Gasteiger partial charge in [-0.15, -0.1) is 0 Å². The van der Waals surface area contributed by atoms with Gasteiger partial charge in [-0.05, 0) is 69.2 Å². The Morgan fingerprint density at radius 2 is 1.90 bits per heavy atom. The minimum absolute atomic E-state index is 0.123. The molecule has 1 aliphatic rings. The first-order chi connectivity index (χ1) is 19.6. The number of furan rings is 1. The number of hydrogen-bond donors (Lipinski definition) is 1. The number of fused-ring (bicyclic) bond motifs is 1. The van der Waals surface area contributed by atoms with E-state index < -0.39 is 12.0 Å². The summed E-state index contributed by atoms with van der Waals surface area (Å²) < 4.78 is 18.5. The first kappa shape index (κ1) is 27.8. The third kappa shape index (κ3) is 5.11. The molecule has 5 rings (SSSR count). The van der Waals surface area contributed by atoms with Crippen LogP contribution in [0.2, 0.25) is 0 Å². The summed E-state index contributed by atoms with van der Waals surface area (Å²) in [6, 6.07) is 13.3. The van der Waals surface area contributed by atoms with Crippen molar-refractivity contribution in [2.45, 2.75) is 33.7 Å². The largest absolute Gasteiger partial charge is 0.497 e. The third-order valence-corrected chi connectivity index (χ3v) is 7.96. The van der Waals surface area contributed by atoms with Crippen LogP contribution in [0.1, 0.15) is 42.3 Å². The second-order valence-corrected chi connectivity index (χ2v) is 10.5. The molecule has 0 saturated heterocycles. The van der Waals surface area contributed by atoms with Gasteiger partial charge in [0.2, 0.25) is 0 Å². The maximum absolute atomic E-state index is 13.8. The highest BCUT2D eigenvalue weighted by atomic mass is 32.1. The maximum Gasteiger partial charge on any atom is 0.338 e. The van der Waals surface area contributed by atoms with Crippen LogP contribution in [0.3, 0.4) is 0 Å². The summed E-state index contributed by atoms with van der Waals surface area (Å²) in [5.74, 6) is 0.986. The molecule has 10 nitrogen and oxygen atoms in total. The van der Waals surface area contributed by atoms with Gasteiger partial charge in [0.1, 0.15) is 17.3 Å². The molecule has 4 aromatic rings. The summed E-state index contributed by atoms with van der Waals surface area (Å²) in [4.78, 5) is 43.3. The number of benzene rings is 2. The number of thiazole rings is 1. The molecule has 0 spiro atoms. The van der Waals surface area contributed by atoms with Gasteiger partial charge in [-0.2, -0.15) is 0 Å². The van der Waals surface area contributed by atoms with Gasteiger partial charge in [0, 0.05) is 23.3 Å². The van der Waals surface area contributed by atoms with Gasteiger partial charge in [0.15, 0.2) is 4.80 Å². The van der Waals surface area contributed by atoms with E-state index >= 15 is 0 Å². The molecule has 2 aromatic heterocycles. The van der Waals surface area contributed by atoms with Crippen molar-refractivity contribution in [1.29, 1.82) is 0 Å². The van der Waals surface area contributed by atoms with Crippen LogP contribution in [0.25, 0.3) is 17.4 Å². The van der Waals surface area contributed by atoms with Crippen molar-refractivity contribution in [3.63, 3.8) is 0 Å². The Morgan fingerprint density at radius 1 is 1.17 bits per heavy atom.